The zero-order valence-corrected chi connectivity index (χ0v) is 23.7. The maximum atomic E-state index is 13.9. The summed E-state index contributed by atoms with van der Waals surface area (Å²) in [5.74, 6) is 0.0149. The number of anilines is 1. The van der Waals surface area contributed by atoms with Crippen LogP contribution in [-0.4, -0.2) is 55.0 Å². The van der Waals surface area contributed by atoms with E-state index in [4.69, 9.17) is 19.3 Å². The Morgan fingerprint density at radius 2 is 1.70 bits per heavy atom. The van der Waals surface area contributed by atoms with Crippen molar-refractivity contribution in [2.24, 2.45) is 0 Å². The van der Waals surface area contributed by atoms with Crippen LogP contribution < -0.4 is 5.73 Å². The van der Waals surface area contributed by atoms with Crippen LogP contribution in [0.2, 0.25) is 36.3 Å². The van der Waals surface area contributed by atoms with Crippen molar-refractivity contribution >= 4 is 33.6 Å². The summed E-state index contributed by atoms with van der Waals surface area (Å²) in [6.07, 6.45) is 0.481. The summed E-state index contributed by atoms with van der Waals surface area (Å²) in [5, 5.41) is 0.149. The monoisotopic (exact) mass is 497 g/mol. The lowest BCUT2D eigenvalue weighted by Gasteiger charge is -2.40. The third-order valence-corrected chi connectivity index (χ3v) is 16.6. The highest BCUT2D eigenvalue weighted by atomic mass is 28.4. The summed E-state index contributed by atoms with van der Waals surface area (Å²) in [5.41, 5.74) is 6.53. The van der Waals surface area contributed by atoms with Gasteiger partial charge in [0.2, 0.25) is 0 Å². The first-order valence-electron chi connectivity index (χ1n) is 11.6. The highest BCUT2D eigenvalue weighted by molar-refractivity contribution is 6.74. The van der Waals surface area contributed by atoms with E-state index in [2.05, 4.69) is 82.7 Å². The number of rotatable bonds is 6. The van der Waals surface area contributed by atoms with Crippen LogP contribution >= 0.6 is 0 Å². The first-order chi connectivity index (χ1) is 14.9. The summed E-state index contributed by atoms with van der Waals surface area (Å²) in [7, 11) is -4.04. The Morgan fingerprint density at radius 3 is 2.27 bits per heavy atom. The maximum absolute atomic E-state index is 13.9. The van der Waals surface area contributed by atoms with Gasteiger partial charge in [0.05, 0.1) is 19.0 Å². The van der Waals surface area contributed by atoms with Crippen molar-refractivity contribution < 1.29 is 18.0 Å². The molecule has 2 aromatic heterocycles. The number of nitrogens with zero attached hydrogens (tertiary/aromatic N) is 4. The van der Waals surface area contributed by atoms with Gasteiger partial charge in [-0.3, -0.25) is 4.57 Å². The minimum Gasteiger partial charge on any atom is -0.414 e. The molecule has 0 amide bonds. The number of nitrogen functional groups attached to an aromatic ring is 1. The molecule has 1 aliphatic heterocycles. The summed E-state index contributed by atoms with van der Waals surface area (Å²) in [4.78, 5) is 11.8. The maximum Gasteiger partial charge on any atom is 0.312 e. The van der Waals surface area contributed by atoms with E-state index in [1.165, 1.54) is 0 Å². The lowest BCUT2D eigenvalue weighted by atomic mass is 10.2. The Hall–Kier alpha value is -1.41. The van der Waals surface area contributed by atoms with Crippen LogP contribution in [0.1, 0.15) is 54.2 Å². The predicted molar refractivity (Wildman–Crippen MR) is 133 cm³/mol. The van der Waals surface area contributed by atoms with Crippen molar-refractivity contribution in [3.8, 4) is 0 Å². The number of halogens is 1. The van der Waals surface area contributed by atoms with E-state index in [1.54, 1.807) is 10.9 Å². The summed E-state index contributed by atoms with van der Waals surface area (Å²) in [6, 6.07) is 0. The minimum absolute atomic E-state index is 0.0149. The molecule has 0 aliphatic carbocycles. The molecule has 0 bridgehead atoms. The number of imidazole rings is 1. The Bertz CT molecular complexity index is 1000. The van der Waals surface area contributed by atoms with E-state index in [0.29, 0.717) is 24.2 Å². The summed E-state index contributed by atoms with van der Waals surface area (Å²) < 4.78 is 35.4. The Morgan fingerprint density at radius 1 is 1.09 bits per heavy atom. The zero-order chi connectivity index (χ0) is 25.0. The van der Waals surface area contributed by atoms with Crippen molar-refractivity contribution in [3.05, 3.63) is 12.4 Å². The van der Waals surface area contributed by atoms with Crippen molar-refractivity contribution in [1.82, 2.24) is 19.5 Å². The van der Waals surface area contributed by atoms with E-state index >= 15 is 0 Å². The second kappa shape index (κ2) is 8.67. The molecule has 3 heterocycles. The molecule has 3 rings (SSSR count). The fourth-order valence-electron chi connectivity index (χ4n) is 3.33. The zero-order valence-electron chi connectivity index (χ0n) is 21.7. The molecular weight excluding hydrogens is 457 g/mol. The Labute approximate surface area is 198 Å². The second-order valence-corrected chi connectivity index (χ2v) is 21.6. The van der Waals surface area contributed by atoms with Gasteiger partial charge < -0.3 is 19.3 Å². The van der Waals surface area contributed by atoms with E-state index in [0.717, 1.165) is 0 Å². The van der Waals surface area contributed by atoms with Gasteiger partial charge in [0.1, 0.15) is 12.3 Å². The number of fused-ring (bicyclic) bond motifs is 1. The normalized spacial score (nSPS) is 22.9. The van der Waals surface area contributed by atoms with Crippen molar-refractivity contribution in [1.29, 1.82) is 0 Å². The Kier molecular flexibility index (Phi) is 6.88. The molecule has 1 fully saturated rings. The van der Waals surface area contributed by atoms with E-state index in [9.17, 15) is 4.39 Å². The lowest BCUT2D eigenvalue weighted by molar-refractivity contribution is -0.0384. The average molecular weight is 498 g/mol. The number of nitrogens with two attached hydrogens (primary N) is 1. The molecule has 0 saturated carbocycles. The highest BCUT2D eigenvalue weighted by Gasteiger charge is 2.46. The predicted octanol–water partition coefficient (Wildman–Crippen LogP) is 5.25. The smallest absolute Gasteiger partial charge is 0.312 e. The fourth-order valence-corrected chi connectivity index (χ4v) is 5.70. The quantitative estimate of drug-likeness (QED) is 0.430. The highest BCUT2D eigenvalue weighted by Crippen LogP contribution is 2.43. The molecule has 186 valence electrons. The number of hydrogen-bond acceptors (Lipinski definition) is 7. The molecular formula is C22H40FN5O3Si2. The molecule has 0 unspecified atom stereocenters. The SMILES string of the molecule is CC(C)(C)[Si](C)(C)OC[C@H]1O[C@H](n2cnc3c(N)nc(F)nc32)C[C@@H]1O[Si](C)(C)C(C)(C)C. The third-order valence-electron chi connectivity index (χ3n) is 7.58. The molecule has 33 heavy (non-hydrogen) atoms. The molecule has 11 heteroatoms. The topological polar surface area (TPSA) is 97.3 Å². The van der Waals surface area contributed by atoms with Gasteiger partial charge in [-0.1, -0.05) is 41.5 Å². The first kappa shape index (κ1) is 26.2. The van der Waals surface area contributed by atoms with Crippen molar-refractivity contribution in [2.75, 3.05) is 12.3 Å². The molecule has 0 radical (unpaired) electrons. The van der Waals surface area contributed by atoms with Gasteiger partial charge in [-0.05, 0) is 36.3 Å². The summed E-state index contributed by atoms with van der Waals surface area (Å²) >= 11 is 0. The summed E-state index contributed by atoms with van der Waals surface area (Å²) in [6.45, 7) is 22.7. The average Bonchev–Trinajstić information content (AvgIpc) is 3.21. The van der Waals surface area contributed by atoms with Gasteiger partial charge in [0.15, 0.2) is 33.6 Å². The van der Waals surface area contributed by atoms with Crippen molar-refractivity contribution in [2.45, 2.75) is 103 Å². The molecule has 1 saturated heterocycles. The molecule has 0 aromatic carbocycles. The second-order valence-electron chi connectivity index (χ2n) is 12.1. The van der Waals surface area contributed by atoms with Gasteiger partial charge in [-0.15, -0.1) is 0 Å². The first-order valence-corrected chi connectivity index (χ1v) is 17.4. The van der Waals surface area contributed by atoms with Crippen LogP contribution in [0, 0.1) is 6.08 Å². The molecule has 8 nitrogen and oxygen atoms in total. The number of aromatic nitrogens is 4. The largest absolute Gasteiger partial charge is 0.414 e. The van der Waals surface area contributed by atoms with Gasteiger partial charge in [0.25, 0.3) is 0 Å². The number of hydrogen-bond donors (Lipinski definition) is 1. The van der Waals surface area contributed by atoms with Gasteiger partial charge >= 0.3 is 6.08 Å². The molecule has 1 aliphatic rings. The molecule has 2 N–H and O–H groups in total. The molecule has 0 spiro atoms. The van der Waals surface area contributed by atoms with Gasteiger partial charge in [-0.2, -0.15) is 14.4 Å². The van der Waals surface area contributed by atoms with Crippen LogP contribution in [0.25, 0.3) is 11.2 Å². The van der Waals surface area contributed by atoms with Crippen LogP contribution in [0.4, 0.5) is 10.2 Å². The van der Waals surface area contributed by atoms with Gasteiger partial charge in [0, 0.05) is 6.42 Å². The van der Waals surface area contributed by atoms with Crippen molar-refractivity contribution in [3.63, 3.8) is 0 Å². The number of ether oxygens (including phenoxy) is 1. The fraction of sp³-hybridized carbons (Fsp3) is 0.773. The molecule has 3 atom stereocenters. The van der Waals surface area contributed by atoms with Gasteiger partial charge in [-0.25, -0.2) is 4.98 Å². The van der Waals surface area contributed by atoms with Crippen LogP contribution in [0.15, 0.2) is 6.33 Å². The third kappa shape index (κ3) is 5.32. The Balaban J connectivity index is 1.90. The molecule has 2 aromatic rings. The van der Waals surface area contributed by atoms with Crippen LogP contribution in [-0.2, 0) is 13.6 Å². The van der Waals surface area contributed by atoms with Crippen LogP contribution in [0.3, 0.4) is 0 Å². The van der Waals surface area contributed by atoms with Crippen LogP contribution in [0.5, 0.6) is 0 Å². The standard InChI is InChI=1S/C22H40FN5O3Si2/c1-21(2,3)32(7,8)29-12-15-14(31-33(9,10)22(4,5)6)11-16(30-15)28-13-25-17-18(24)26-20(23)27-19(17)28/h13-16H,11-12H2,1-10H3,(H2,24,26,27)/t14-,15+,16-/m0/s1. The van der Waals surface area contributed by atoms with E-state index in [1.807, 2.05) is 0 Å². The van der Waals surface area contributed by atoms with E-state index < -0.39 is 28.9 Å². The lowest BCUT2D eigenvalue weighted by Crippen LogP contribution is -2.48. The van der Waals surface area contributed by atoms with E-state index in [-0.39, 0.29) is 28.1 Å². The minimum atomic E-state index is -2.06.